The second-order valence-corrected chi connectivity index (χ2v) is 5.56. The average molecular weight is 376 g/mol. The summed E-state index contributed by atoms with van der Waals surface area (Å²) in [5.41, 5.74) is 10.4. The van der Waals surface area contributed by atoms with E-state index in [-0.39, 0.29) is 51.7 Å². The Morgan fingerprint density at radius 2 is 1.69 bits per heavy atom. The summed E-state index contributed by atoms with van der Waals surface area (Å²) >= 11 is 0. The number of aliphatic carboxylic acids is 1. The van der Waals surface area contributed by atoms with Gasteiger partial charge in [0.05, 0.1) is 45.3 Å². The van der Waals surface area contributed by atoms with Gasteiger partial charge < -0.3 is 36.3 Å². The number of carboxylic acid groups (broad SMARTS) is 1. The number of hydrogen-bond acceptors (Lipinski definition) is 7. The van der Waals surface area contributed by atoms with Gasteiger partial charge in [-0.3, -0.25) is 14.4 Å². The lowest BCUT2D eigenvalue weighted by Crippen LogP contribution is -2.44. The first-order valence-corrected chi connectivity index (χ1v) is 8.12. The molecular weight excluding hydrogens is 348 g/mol. The largest absolute Gasteiger partial charge is 0.480 e. The molecule has 0 rings (SSSR count). The summed E-state index contributed by atoms with van der Waals surface area (Å²) in [4.78, 5) is 45.7. The molecule has 6 N–H and O–H groups in total. The van der Waals surface area contributed by atoms with Crippen LogP contribution in [0.25, 0.3) is 0 Å². The minimum Gasteiger partial charge on any atom is -0.480 e. The lowest BCUT2D eigenvalue weighted by Gasteiger charge is -2.21. The highest BCUT2D eigenvalue weighted by Gasteiger charge is 2.21. The Bertz CT molecular complexity index is 487. The monoisotopic (exact) mass is 376 g/mol. The number of nitrogens with two attached hydrogens (primary N) is 2. The van der Waals surface area contributed by atoms with E-state index in [2.05, 4.69) is 5.32 Å². The van der Waals surface area contributed by atoms with E-state index in [1.807, 2.05) is 0 Å². The van der Waals surface area contributed by atoms with Crippen LogP contribution in [0.5, 0.6) is 0 Å². The maximum absolute atomic E-state index is 11.7. The van der Waals surface area contributed by atoms with Crippen molar-refractivity contribution in [1.82, 2.24) is 10.2 Å². The van der Waals surface area contributed by atoms with Gasteiger partial charge in [0.15, 0.2) is 0 Å². The number of carboxylic acids is 1. The van der Waals surface area contributed by atoms with Crippen molar-refractivity contribution in [2.24, 2.45) is 11.5 Å². The van der Waals surface area contributed by atoms with Gasteiger partial charge in [0.2, 0.25) is 17.7 Å². The maximum Gasteiger partial charge on any atom is 0.326 e. The van der Waals surface area contributed by atoms with Crippen LogP contribution in [0.2, 0.25) is 0 Å². The van der Waals surface area contributed by atoms with Gasteiger partial charge in [-0.15, -0.1) is 0 Å². The Labute approximate surface area is 152 Å². The van der Waals surface area contributed by atoms with Crippen molar-refractivity contribution in [3.05, 3.63) is 0 Å². The van der Waals surface area contributed by atoms with Crippen LogP contribution in [-0.2, 0) is 28.7 Å². The van der Waals surface area contributed by atoms with E-state index in [1.165, 1.54) is 14.0 Å². The van der Waals surface area contributed by atoms with Gasteiger partial charge in [-0.2, -0.15) is 0 Å². The number of rotatable bonds is 14. The minimum absolute atomic E-state index is 0.0714. The van der Waals surface area contributed by atoms with E-state index in [0.717, 1.165) is 4.90 Å². The topological polar surface area (TPSA) is 174 Å². The average Bonchev–Trinajstić information content (AvgIpc) is 2.57. The molecule has 0 heterocycles. The molecule has 0 radical (unpaired) electrons. The Morgan fingerprint density at radius 3 is 2.23 bits per heavy atom. The van der Waals surface area contributed by atoms with Crippen LogP contribution < -0.4 is 16.8 Å². The van der Waals surface area contributed by atoms with Gasteiger partial charge in [0, 0.05) is 13.6 Å². The molecule has 0 unspecified atom stereocenters. The lowest BCUT2D eigenvalue weighted by atomic mass is 10.2. The van der Waals surface area contributed by atoms with E-state index in [0.29, 0.717) is 0 Å². The summed E-state index contributed by atoms with van der Waals surface area (Å²) in [6.07, 6.45) is -0.151. The minimum atomic E-state index is -1.07. The predicted molar refractivity (Wildman–Crippen MR) is 90.9 cm³/mol. The second kappa shape index (κ2) is 13.0. The highest BCUT2D eigenvalue weighted by Crippen LogP contribution is 1.99. The molecule has 0 aromatic rings. The first kappa shape index (κ1) is 23.8. The zero-order valence-corrected chi connectivity index (χ0v) is 15.1. The predicted octanol–water partition coefficient (Wildman–Crippen LogP) is -2.34. The fourth-order valence-electron chi connectivity index (χ4n) is 1.73. The SMILES string of the molecule is C[C@@H](C(=O)O)N(C)C(=O)CCOCCOCCNC(=O)[C@@H](N)CC(N)=O. The molecule has 11 nitrogen and oxygen atoms in total. The Kier molecular flexibility index (Phi) is 11.9. The molecule has 26 heavy (non-hydrogen) atoms. The van der Waals surface area contributed by atoms with Gasteiger partial charge in [-0.25, -0.2) is 4.79 Å². The number of nitrogens with zero attached hydrogens (tertiary/aromatic N) is 1. The van der Waals surface area contributed by atoms with Crippen LogP contribution in [0, 0.1) is 0 Å². The zero-order chi connectivity index (χ0) is 20.1. The number of carbonyl (C=O) groups is 4. The molecule has 0 saturated carbocycles. The van der Waals surface area contributed by atoms with Gasteiger partial charge in [0.25, 0.3) is 0 Å². The van der Waals surface area contributed by atoms with Crippen LogP contribution in [0.3, 0.4) is 0 Å². The molecule has 0 aromatic carbocycles. The van der Waals surface area contributed by atoms with Crippen molar-refractivity contribution in [3.63, 3.8) is 0 Å². The molecule has 3 amide bonds. The standard InChI is InChI=1S/C15H28N4O7/c1-10(15(23)24)19(2)13(21)3-5-25-7-8-26-6-4-18-14(22)11(16)9-12(17)20/h10-11H,3-9,16H2,1-2H3,(H2,17,20)(H,18,22)(H,23,24)/t10-,11-/m0/s1. The van der Waals surface area contributed by atoms with Crippen LogP contribution in [0.1, 0.15) is 19.8 Å². The normalized spacial score (nSPS) is 12.9. The zero-order valence-electron chi connectivity index (χ0n) is 15.1. The molecule has 0 bridgehead atoms. The quantitative estimate of drug-likeness (QED) is 0.244. The summed E-state index contributed by atoms with van der Waals surface area (Å²) in [6, 6.07) is -1.87. The molecule has 0 aliphatic rings. The number of primary amides is 1. The highest BCUT2D eigenvalue weighted by atomic mass is 16.5. The molecule has 150 valence electrons. The highest BCUT2D eigenvalue weighted by molar-refractivity contribution is 5.87. The fourth-order valence-corrected chi connectivity index (χ4v) is 1.73. The molecule has 0 aliphatic carbocycles. The maximum atomic E-state index is 11.7. The van der Waals surface area contributed by atoms with E-state index in [4.69, 9.17) is 26.0 Å². The summed E-state index contributed by atoms with van der Waals surface area (Å²) < 4.78 is 10.4. The van der Waals surface area contributed by atoms with Crippen molar-refractivity contribution >= 4 is 23.7 Å². The van der Waals surface area contributed by atoms with Crippen molar-refractivity contribution < 1.29 is 33.8 Å². The number of likely N-dealkylation sites (N-methyl/N-ethyl adjacent to an activating group) is 1. The number of nitrogens with one attached hydrogen (secondary N) is 1. The van der Waals surface area contributed by atoms with Crippen LogP contribution >= 0.6 is 0 Å². The van der Waals surface area contributed by atoms with Crippen molar-refractivity contribution in [2.45, 2.75) is 31.8 Å². The Hall–Kier alpha value is -2.24. The molecular formula is C15H28N4O7. The third-order valence-electron chi connectivity index (χ3n) is 3.47. The first-order valence-electron chi connectivity index (χ1n) is 8.12. The molecule has 0 aromatic heterocycles. The Morgan fingerprint density at radius 1 is 1.12 bits per heavy atom. The van der Waals surface area contributed by atoms with Crippen LogP contribution in [0.15, 0.2) is 0 Å². The third-order valence-corrected chi connectivity index (χ3v) is 3.47. The second-order valence-electron chi connectivity index (χ2n) is 5.56. The lowest BCUT2D eigenvalue weighted by molar-refractivity contribution is -0.148. The summed E-state index contributed by atoms with van der Waals surface area (Å²) in [6.45, 7) is 2.54. The number of hydrogen-bond donors (Lipinski definition) is 4. The van der Waals surface area contributed by atoms with Gasteiger partial charge in [0.1, 0.15) is 6.04 Å². The van der Waals surface area contributed by atoms with E-state index in [1.54, 1.807) is 0 Å². The molecule has 2 atom stereocenters. The fraction of sp³-hybridized carbons (Fsp3) is 0.733. The molecule has 0 fully saturated rings. The summed E-state index contributed by atoms with van der Waals surface area (Å²) in [5, 5.41) is 11.3. The number of ether oxygens (including phenoxy) is 2. The van der Waals surface area contributed by atoms with Crippen molar-refractivity contribution in [3.8, 4) is 0 Å². The third kappa shape index (κ3) is 10.6. The Balaban J connectivity index is 3.62. The molecule has 0 saturated heterocycles. The summed E-state index contributed by atoms with van der Waals surface area (Å²) in [5.74, 6) is -2.53. The van der Waals surface area contributed by atoms with Crippen LogP contribution in [-0.4, -0.2) is 85.8 Å². The molecule has 0 aliphatic heterocycles. The van der Waals surface area contributed by atoms with Crippen LogP contribution in [0.4, 0.5) is 0 Å². The van der Waals surface area contributed by atoms with E-state index < -0.39 is 29.9 Å². The first-order chi connectivity index (χ1) is 12.2. The van der Waals surface area contributed by atoms with E-state index >= 15 is 0 Å². The molecule has 11 heteroatoms. The smallest absolute Gasteiger partial charge is 0.326 e. The van der Waals surface area contributed by atoms with Crippen molar-refractivity contribution in [2.75, 3.05) is 40.0 Å². The van der Waals surface area contributed by atoms with Crippen molar-refractivity contribution in [1.29, 1.82) is 0 Å². The van der Waals surface area contributed by atoms with Gasteiger partial charge >= 0.3 is 5.97 Å². The van der Waals surface area contributed by atoms with E-state index in [9.17, 15) is 19.2 Å². The number of amides is 3. The van der Waals surface area contributed by atoms with Gasteiger partial charge in [-0.1, -0.05) is 0 Å². The van der Waals surface area contributed by atoms with Gasteiger partial charge in [-0.05, 0) is 6.92 Å². The summed E-state index contributed by atoms with van der Waals surface area (Å²) in [7, 11) is 1.42. The molecule has 0 spiro atoms. The number of carbonyl (C=O) groups excluding carboxylic acids is 3.